The minimum atomic E-state index is -0.212. The van der Waals surface area contributed by atoms with Crippen LogP contribution >= 0.6 is 0 Å². The Bertz CT molecular complexity index is 831. The van der Waals surface area contributed by atoms with Crippen LogP contribution in [0, 0.1) is 0 Å². The van der Waals surface area contributed by atoms with Gasteiger partial charge in [-0.05, 0) is 37.3 Å². The van der Waals surface area contributed by atoms with Gasteiger partial charge in [0.05, 0.1) is 12.3 Å². The molecule has 3 aromatic rings. The zero-order valence-corrected chi connectivity index (χ0v) is 13.6. The van der Waals surface area contributed by atoms with Gasteiger partial charge in [0.1, 0.15) is 11.4 Å². The molecule has 0 aliphatic carbocycles. The number of benzene rings is 1. The number of ether oxygens (including phenoxy) is 1. The molecule has 0 atom stereocenters. The van der Waals surface area contributed by atoms with Crippen LogP contribution in [0.2, 0.25) is 0 Å². The number of aromatic nitrogens is 3. The molecule has 0 bridgehead atoms. The van der Waals surface area contributed by atoms with Crippen molar-refractivity contribution in [2.24, 2.45) is 0 Å². The second kappa shape index (κ2) is 6.95. The standard InChI is InChI=1S/C18H18N4O2/c1-3-24-16-10-5-4-9-15(16)21(2)18(23)14-8-6-11-17(20-14)22-13-7-12-19-22/h4-13H,3H2,1-2H3. The molecule has 6 nitrogen and oxygen atoms in total. The van der Waals surface area contributed by atoms with E-state index in [2.05, 4.69) is 10.1 Å². The Hall–Kier alpha value is -3.15. The van der Waals surface area contributed by atoms with Gasteiger partial charge in [-0.15, -0.1) is 0 Å². The number of anilines is 1. The van der Waals surface area contributed by atoms with Crippen LogP contribution < -0.4 is 9.64 Å². The highest BCUT2D eigenvalue weighted by Crippen LogP contribution is 2.28. The van der Waals surface area contributed by atoms with Gasteiger partial charge in [0, 0.05) is 19.4 Å². The summed E-state index contributed by atoms with van der Waals surface area (Å²) in [5.74, 6) is 1.05. The summed E-state index contributed by atoms with van der Waals surface area (Å²) in [5.41, 5.74) is 1.05. The molecule has 2 aromatic heterocycles. The smallest absolute Gasteiger partial charge is 0.276 e. The lowest BCUT2D eigenvalue weighted by atomic mass is 10.2. The summed E-state index contributed by atoms with van der Waals surface area (Å²) in [6, 6.07) is 14.5. The highest BCUT2D eigenvalue weighted by molar-refractivity contribution is 6.05. The molecule has 0 fully saturated rings. The number of para-hydroxylation sites is 2. The van der Waals surface area contributed by atoms with Crippen molar-refractivity contribution in [1.82, 2.24) is 14.8 Å². The average Bonchev–Trinajstić information content (AvgIpc) is 3.16. The van der Waals surface area contributed by atoms with Gasteiger partial charge >= 0.3 is 0 Å². The zero-order valence-electron chi connectivity index (χ0n) is 13.6. The number of carbonyl (C=O) groups excluding carboxylic acids is 1. The molecule has 24 heavy (non-hydrogen) atoms. The summed E-state index contributed by atoms with van der Waals surface area (Å²) in [6.07, 6.45) is 3.45. The normalized spacial score (nSPS) is 10.4. The van der Waals surface area contributed by atoms with E-state index in [4.69, 9.17) is 4.74 Å². The Morgan fingerprint density at radius 1 is 1.17 bits per heavy atom. The Balaban J connectivity index is 1.90. The molecule has 0 radical (unpaired) electrons. The van der Waals surface area contributed by atoms with Crippen LogP contribution in [0.1, 0.15) is 17.4 Å². The number of carbonyl (C=O) groups is 1. The number of pyridine rings is 1. The summed E-state index contributed by atoms with van der Waals surface area (Å²) in [6.45, 7) is 2.44. The SMILES string of the molecule is CCOc1ccccc1N(C)C(=O)c1cccc(-n2cccn2)n1. The summed E-state index contributed by atoms with van der Waals surface area (Å²) >= 11 is 0. The Morgan fingerprint density at radius 3 is 2.75 bits per heavy atom. The topological polar surface area (TPSA) is 60.2 Å². The Kier molecular flexibility index (Phi) is 4.56. The molecule has 0 aliphatic rings. The number of amides is 1. The van der Waals surface area contributed by atoms with Crippen molar-refractivity contribution in [2.75, 3.05) is 18.6 Å². The fourth-order valence-corrected chi connectivity index (χ4v) is 2.37. The lowest BCUT2D eigenvalue weighted by molar-refractivity contribution is 0.0987. The van der Waals surface area contributed by atoms with E-state index in [1.54, 1.807) is 53.3 Å². The van der Waals surface area contributed by atoms with Crippen LogP contribution in [0.15, 0.2) is 60.9 Å². The monoisotopic (exact) mass is 322 g/mol. The lowest BCUT2D eigenvalue weighted by Crippen LogP contribution is -2.27. The van der Waals surface area contributed by atoms with Crippen molar-refractivity contribution in [1.29, 1.82) is 0 Å². The van der Waals surface area contributed by atoms with Gasteiger partial charge in [0.25, 0.3) is 5.91 Å². The van der Waals surface area contributed by atoms with Gasteiger partial charge in [-0.3, -0.25) is 4.79 Å². The number of nitrogens with zero attached hydrogens (tertiary/aromatic N) is 4. The van der Waals surface area contributed by atoms with Crippen molar-refractivity contribution >= 4 is 11.6 Å². The van der Waals surface area contributed by atoms with E-state index >= 15 is 0 Å². The van der Waals surface area contributed by atoms with Crippen LogP contribution in [-0.4, -0.2) is 34.3 Å². The van der Waals surface area contributed by atoms with Gasteiger partial charge in [-0.2, -0.15) is 5.10 Å². The molecule has 0 aliphatic heterocycles. The fraction of sp³-hybridized carbons (Fsp3) is 0.167. The molecule has 0 saturated heterocycles. The summed E-state index contributed by atoms with van der Waals surface area (Å²) in [4.78, 5) is 18.7. The van der Waals surface area contributed by atoms with E-state index in [0.717, 1.165) is 0 Å². The highest BCUT2D eigenvalue weighted by atomic mass is 16.5. The minimum Gasteiger partial charge on any atom is -0.492 e. The third-order valence-electron chi connectivity index (χ3n) is 3.52. The molecule has 1 aromatic carbocycles. The van der Waals surface area contributed by atoms with Crippen molar-refractivity contribution in [3.05, 3.63) is 66.6 Å². The summed E-state index contributed by atoms with van der Waals surface area (Å²) in [5, 5.41) is 4.14. The fourth-order valence-electron chi connectivity index (χ4n) is 2.37. The van der Waals surface area contributed by atoms with Gasteiger partial charge in [0.2, 0.25) is 0 Å². The predicted octanol–water partition coefficient (Wildman–Crippen LogP) is 2.94. The quantitative estimate of drug-likeness (QED) is 0.724. The zero-order chi connectivity index (χ0) is 16.9. The Labute approximate surface area is 140 Å². The van der Waals surface area contributed by atoms with Gasteiger partial charge in [-0.25, -0.2) is 9.67 Å². The minimum absolute atomic E-state index is 0.212. The molecule has 0 spiro atoms. The average molecular weight is 322 g/mol. The maximum atomic E-state index is 12.8. The molecular formula is C18H18N4O2. The second-order valence-electron chi connectivity index (χ2n) is 5.10. The summed E-state index contributed by atoms with van der Waals surface area (Å²) < 4.78 is 7.21. The number of hydrogen-bond donors (Lipinski definition) is 0. The maximum Gasteiger partial charge on any atom is 0.276 e. The van der Waals surface area contributed by atoms with Gasteiger partial charge < -0.3 is 9.64 Å². The van der Waals surface area contributed by atoms with Crippen molar-refractivity contribution in [3.63, 3.8) is 0 Å². The van der Waals surface area contributed by atoms with Gasteiger partial charge in [-0.1, -0.05) is 18.2 Å². The van der Waals surface area contributed by atoms with Crippen molar-refractivity contribution in [3.8, 4) is 11.6 Å². The van der Waals surface area contributed by atoms with Gasteiger partial charge in [0.15, 0.2) is 5.82 Å². The van der Waals surface area contributed by atoms with Crippen molar-refractivity contribution < 1.29 is 9.53 Å². The second-order valence-corrected chi connectivity index (χ2v) is 5.10. The third-order valence-corrected chi connectivity index (χ3v) is 3.52. The molecule has 122 valence electrons. The summed E-state index contributed by atoms with van der Waals surface area (Å²) in [7, 11) is 1.71. The van der Waals surface area contributed by atoms with Crippen LogP contribution in [-0.2, 0) is 0 Å². The van der Waals surface area contributed by atoms with Crippen LogP contribution in [0.3, 0.4) is 0 Å². The number of hydrogen-bond acceptors (Lipinski definition) is 4. The van der Waals surface area contributed by atoms with Crippen molar-refractivity contribution in [2.45, 2.75) is 6.92 Å². The predicted molar refractivity (Wildman–Crippen MR) is 91.7 cm³/mol. The van der Waals surface area contributed by atoms with E-state index in [1.807, 2.05) is 31.2 Å². The van der Waals surface area contributed by atoms with E-state index in [9.17, 15) is 4.79 Å². The molecule has 3 rings (SSSR count). The first-order chi connectivity index (χ1) is 11.7. The molecule has 2 heterocycles. The van der Waals surface area contributed by atoms with E-state index in [0.29, 0.717) is 29.6 Å². The first-order valence-corrected chi connectivity index (χ1v) is 7.67. The lowest BCUT2D eigenvalue weighted by Gasteiger charge is -2.20. The highest BCUT2D eigenvalue weighted by Gasteiger charge is 2.18. The van der Waals surface area contributed by atoms with E-state index < -0.39 is 0 Å². The molecule has 1 amide bonds. The van der Waals surface area contributed by atoms with Crippen LogP contribution in [0.5, 0.6) is 5.75 Å². The first-order valence-electron chi connectivity index (χ1n) is 7.67. The largest absolute Gasteiger partial charge is 0.492 e. The molecule has 0 saturated carbocycles. The molecule has 6 heteroatoms. The van der Waals surface area contributed by atoms with E-state index in [1.165, 1.54) is 0 Å². The van der Waals surface area contributed by atoms with E-state index in [-0.39, 0.29) is 5.91 Å². The third kappa shape index (κ3) is 3.12. The van der Waals surface area contributed by atoms with Crippen LogP contribution in [0.25, 0.3) is 5.82 Å². The maximum absolute atomic E-state index is 12.8. The molecule has 0 unspecified atom stereocenters. The number of rotatable bonds is 5. The first kappa shape index (κ1) is 15.7. The molecular weight excluding hydrogens is 304 g/mol. The molecule has 0 N–H and O–H groups in total. The van der Waals surface area contributed by atoms with Crippen LogP contribution in [0.4, 0.5) is 5.69 Å². The Morgan fingerprint density at radius 2 is 2.00 bits per heavy atom.